The fraction of sp³-hybridized carbons (Fsp3) is 0.158. The number of methoxy groups -OCH3 is 1. The Kier molecular flexibility index (Phi) is 5.31. The van der Waals surface area contributed by atoms with Crippen LogP contribution in [-0.4, -0.2) is 23.7 Å². The Morgan fingerprint density at radius 2 is 1.56 bits per heavy atom. The third-order valence-electron chi connectivity index (χ3n) is 3.45. The van der Waals surface area contributed by atoms with Gasteiger partial charge in [0.25, 0.3) is 0 Å². The van der Waals surface area contributed by atoms with E-state index in [0.29, 0.717) is 18.2 Å². The van der Waals surface area contributed by atoms with Crippen LogP contribution in [0.1, 0.15) is 6.92 Å². The zero-order valence-corrected chi connectivity index (χ0v) is 14.2. The van der Waals surface area contributed by atoms with Crippen LogP contribution in [0.5, 0.6) is 11.5 Å². The Morgan fingerprint density at radius 3 is 2.24 bits per heavy atom. The average molecular weight is 336 g/mol. The van der Waals surface area contributed by atoms with Crippen molar-refractivity contribution >= 4 is 23.0 Å². The zero-order chi connectivity index (χ0) is 17.5. The maximum Gasteiger partial charge on any atom is 0.135 e. The number of ether oxygens (including phenoxy) is 2. The van der Waals surface area contributed by atoms with Crippen molar-refractivity contribution in [1.29, 1.82) is 0 Å². The molecule has 0 amide bonds. The molecule has 6 heteroatoms. The molecule has 0 spiro atoms. The highest BCUT2D eigenvalue weighted by atomic mass is 16.5. The molecule has 0 bridgehead atoms. The number of anilines is 4. The summed E-state index contributed by atoms with van der Waals surface area (Å²) in [6, 6.07) is 17.2. The fourth-order valence-corrected chi connectivity index (χ4v) is 2.29. The lowest BCUT2D eigenvalue weighted by atomic mass is 10.3. The molecule has 0 saturated heterocycles. The summed E-state index contributed by atoms with van der Waals surface area (Å²) in [7, 11) is 1.64. The molecule has 2 aromatic carbocycles. The monoisotopic (exact) mass is 336 g/mol. The molecule has 0 aliphatic heterocycles. The van der Waals surface area contributed by atoms with E-state index in [1.807, 2.05) is 61.5 Å². The van der Waals surface area contributed by atoms with E-state index < -0.39 is 0 Å². The van der Waals surface area contributed by atoms with Crippen LogP contribution in [0.3, 0.4) is 0 Å². The molecule has 1 aromatic heterocycles. The molecule has 128 valence electrons. The van der Waals surface area contributed by atoms with E-state index in [1.54, 1.807) is 7.11 Å². The third kappa shape index (κ3) is 4.60. The van der Waals surface area contributed by atoms with Crippen LogP contribution in [0.25, 0.3) is 0 Å². The van der Waals surface area contributed by atoms with Crippen LogP contribution in [-0.2, 0) is 0 Å². The van der Waals surface area contributed by atoms with Gasteiger partial charge in [-0.25, -0.2) is 9.97 Å². The van der Waals surface area contributed by atoms with Crippen molar-refractivity contribution in [2.45, 2.75) is 6.92 Å². The molecule has 2 N–H and O–H groups in total. The van der Waals surface area contributed by atoms with Gasteiger partial charge in [0.2, 0.25) is 0 Å². The van der Waals surface area contributed by atoms with Crippen LogP contribution in [0.15, 0.2) is 60.9 Å². The molecule has 0 aliphatic carbocycles. The van der Waals surface area contributed by atoms with Gasteiger partial charge in [0.15, 0.2) is 0 Å². The Morgan fingerprint density at radius 1 is 0.840 bits per heavy atom. The number of aromatic nitrogens is 2. The predicted octanol–water partition coefficient (Wildman–Crippen LogP) is 4.37. The topological polar surface area (TPSA) is 68.3 Å². The first-order chi connectivity index (χ1) is 12.3. The summed E-state index contributed by atoms with van der Waals surface area (Å²) in [6.45, 7) is 2.61. The first-order valence-electron chi connectivity index (χ1n) is 8.00. The Hall–Kier alpha value is -3.28. The van der Waals surface area contributed by atoms with Crippen LogP contribution < -0.4 is 20.1 Å². The van der Waals surface area contributed by atoms with E-state index in [4.69, 9.17) is 9.47 Å². The van der Waals surface area contributed by atoms with Gasteiger partial charge in [0.1, 0.15) is 29.5 Å². The van der Waals surface area contributed by atoms with Crippen LogP contribution in [0.2, 0.25) is 0 Å². The highest BCUT2D eigenvalue weighted by Gasteiger charge is 2.02. The first kappa shape index (κ1) is 16.6. The van der Waals surface area contributed by atoms with Gasteiger partial charge in [0.05, 0.1) is 13.7 Å². The number of nitrogens with zero attached hydrogens (tertiary/aromatic N) is 2. The fourth-order valence-electron chi connectivity index (χ4n) is 2.29. The summed E-state index contributed by atoms with van der Waals surface area (Å²) in [4.78, 5) is 8.50. The number of rotatable bonds is 7. The average Bonchev–Trinajstić information content (AvgIpc) is 2.64. The summed E-state index contributed by atoms with van der Waals surface area (Å²) in [6.07, 6.45) is 1.51. The predicted molar refractivity (Wildman–Crippen MR) is 99.2 cm³/mol. The van der Waals surface area contributed by atoms with Gasteiger partial charge in [-0.05, 0) is 43.3 Å². The minimum absolute atomic E-state index is 0.651. The molecule has 0 saturated carbocycles. The highest BCUT2D eigenvalue weighted by Crippen LogP contribution is 2.23. The third-order valence-corrected chi connectivity index (χ3v) is 3.45. The maximum absolute atomic E-state index is 5.44. The van der Waals surface area contributed by atoms with Crippen LogP contribution >= 0.6 is 0 Å². The SMILES string of the molecule is CCOc1ccc(Nc2cc(Nc3cccc(OC)c3)ncn2)cc1. The normalized spacial score (nSPS) is 10.2. The summed E-state index contributed by atoms with van der Waals surface area (Å²) in [5.41, 5.74) is 1.82. The second kappa shape index (κ2) is 8.01. The molecule has 0 unspecified atom stereocenters. The molecule has 0 aliphatic rings. The van der Waals surface area contributed by atoms with Crippen molar-refractivity contribution in [2.24, 2.45) is 0 Å². The van der Waals surface area contributed by atoms with Crippen molar-refractivity contribution in [2.75, 3.05) is 24.4 Å². The highest BCUT2D eigenvalue weighted by molar-refractivity contribution is 5.63. The molecule has 25 heavy (non-hydrogen) atoms. The molecule has 0 atom stereocenters. The molecule has 3 rings (SSSR count). The van der Waals surface area contributed by atoms with Crippen molar-refractivity contribution in [3.05, 3.63) is 60.9 Å². The summed E-state index contributed by atoms with van der Waals surface area (Å²) in [5, 5.41) is 6.49. The standard InChI is InChI=1S/C19H20N4O2/c1-3-25-16-9-7-14(8-10-16)22-18-12-19(21-13-20-18)23-15-5-4-6-17(11-15)24-2/h4-13H,3H2,1-2H3,(H2,20,21,22,23). The molecular formula is C19H20N4O2. The van der Waals surface area contributed by atoms with E-state index in [1.165, 1.54) is 6.33 Å². The number of benzene rings is 2. The Bertz CT molecular complexity index is 822. The van der Waals surface area contributed by atoms with E-state index in [0.717, 1.165) is 22.9 Å². The van der Waals surface area contributed by atoms with Crippen molar-refractivity contribution in [3.63, 3.8) is 0 Å². The van der Waals surface area contributed by atoms with E-state index in [2.05, 4.69) is 20.6 Å². The quantitative estimate of drug-likeness (QED) is 0.668. The van der Waals surface area contributed by atoms with Gasteiger partial charge in [-0.1, -0.05) is 6.07 Å². The summed E-state index contributed by atoms with van der Waals surface area (Å²) in [5.74, 6) is 3.02. The summed E-state index contributed by atoms with van der Waals surface area (Å²) >= 11 is 0. The minimum atomic E-state index is 0.651. The van der Waals surface area contributed by atoms with Gasteiger partial charge < -0.3 is 20.1 Å². The van der Waals surface area contributed by atoms with Gasteiger partial charge >= 0.3 is 0 Å². The molecule has 1 heterocycles. The lowest BCUT2D eigenvalue weighted by Crippen LogP contribution is -1.99. The largest absolute Gasteiger partial charge is 0.497 e. The van der Waals surface area contributed by atoms with E-state index in [9.17, 15) is 0 Å². The number of hydrogen-bond acceptors (Lipinski definition) is 6. The second-order valence-corrected chi connectivity index (χ2v) is 5.23. The Balaban J connectivity index is 1.70. The molecular weight excluding hydrogens is 316 g/mol. The lowest BCUT2D eigenvalue weighted by Gasteiger charge is -2.10. The first-order valence-corrected chi connectivity index (χ1v) is 8.00. The van der Waals surface area contributed by atoms with Crippen molar-refractivity contribution < 1.29 is 9.47 Å². The lowest BCUT2D eigenvalue weighted by molar-refractivity contribution is 0.340. The van der Waals surface area contributed by atoms with Gasteiger partial charge in [0, 0.05) is 23.5 Å². The van der Waals surface area contributed by atoms with Crippen LogP contribution in [0, 0.1) is 0 Å². The minimum Gasteiger partial charge on any atom is -0.497 e. The maximum atomic E-state index is 5.44. The number of nitrogens with one attached hydrogen (secondary N) is 2. The van der Waals surface area contributed by atoms with Crippen LogP contribution in [0.4, 0.5) is 23.0 Å². The molecule has 0 radical (unpaired) electrons. The molecule has 6 nitrogen and oxygen atoms in total. The van der Waals surface area contributed by atoms with Crippen molar-refractivity contribution in [1.82, 2.24) is 9.97 Å². The van der Waals surface area contributed by atoms with Gasteiger partial charge in [-0.2, -0.15) is 0 Å². The molecule has 3 aromatic rings. The second-order valence-electron chi connectivity index (χ2n) is 5.23. The van der Waals surface area contributed by atoms with E-state index in [-0.39, 0.29) is 0 Å². The summed E-state index contributed by atoms with van der Waals surface area (Å²) < 4.78 is 10.7. The van der Waals surface area contributed by atoms with Gasteiger partial charge in [-0.3, -0.25) is 0 Å². The van der Waals surface area contributed by atoms with Crippen molar-refractivity contribution in [3.8, 4) is 11.5 Å². The smallest absolute Gasteiger partial charge is 0.135 e. The van der Waals surface area contributed by atoms with E-state index >= 15 is 0 Å². The van der Waals surface area contributed by atoms with Gasteiger partial charge in [-0.15, -0.1) is 0 Å². The Labute approximate surface area is 146 Å². The molecule has 0 fully saturated rings. The zero-order valence-electron chi connectivity index (χ0n) is 14.2. The number of hydrogen-bond donors (Lipinski definition) is 2.